The van der Waals surface area contributed by atoms with E-state index in [1.807, 2.05) is 67.0 Å². The second kappa shape index (κ2) is 10.2. The number of ether oxygens (including phenoxy) is 1. The average molecular weight is 538 g/mol. The first-order valence-electron chi connectivity index (χ1n) is 15.0. The Labute approximate surface area is 236 Å². The van der Waals surface area contributed by atoms with Crippen LogP contribution in [0.1, 0.15) is 73.4 Å². The molecule has 0 spiro atoms. The lowest BCUT2D eigenvalue weighted by molar-refractivity contribution is -0.154. The third kappa shape index (κ3) is 4.55. The van der Waals surface area contributed by atoms with Gasteiger partial charge in [0.15, 0.2) is 0 Å². The summed E-state index contributed by atoms with van der Waals surface area (Å²) < 4.78 is 7.53. The van der Waals surface area contributed by atoms with Gasteiger partial charge in [0.05, 0.1) is 31.6 Å². The van der Waals surface area contributed by atoms with Crippen LogP contribution in [-0.4, -0.2) is 39.5 Å². The zero-order valence-corrected chi connectivity index (χ0v) is 23.4. The number of benzene rings is 2. The highest BCUT2D eigenvalue weighted by Gasteiger charge is 2.50. The van der Waals surface area contributed by atoms with Crippen LogP contribution in [0.15, 0.2) is 67.0 Å². The monoisotopic (exact) mass is 537 g/mol. The Hall–Kier alpha value is -3.41. The molecule has 5 aliphatic rings. The molecule has 40 heavy (non-hydrogen) atoms. The Morgan fingerprint density at radius 1 is 0.925 bits per heavy atom. The SMILES string of the molecule is COC(=O)C1Cc2c(ncn2CCC23CC4CC(CC(C4)C2)C3)CN1C(=O)C(c1ccccc1)c1ccccc1. The van der Waals surface area contributed by atoms with Crippen molar-refractivity contribution in [1.82, 2.24) is 14.5 Å². The molecule has 3 aromatic rings. The molecule has 4 bridgehead atoms. The van der Waals surface area contributed by atoms with Crippen molar-refractivity contribution in [1.29, 1.82) is 0 Å². The number of esters is 1. The molecule has 1 amide bonds. The number of aromatic nitrogens is 2. The summed E-state index contributed by atoms with van der Waals surface area (Å²) in [6.07, 6.45) is 12.1. The molecule has 2 heterocycles. The number of rotatable bonds is 7. The third-order valence-corrected chi connectivity index (χ3v) is 10.4. The van der Waals surface area contributed by atoms with Crippen molar-refractivity contribution >= 4 is 11.9 Å². The largest absolute Gasteiger partial charge is 0.467 e. The molecule has 6 heteroatoms. The molecule has 1 atom stereocenters. The molecule has 1 aromatic heterocycles. The Kier molecular flexibility index (Phi) is 6.52. The molecule has 208 valence electrons. The Bertz CT molecular complexity index is 1310. The summed E-state index contributed by atoms with van der Waals surface area (Å²) in [7, 11) is 1.41. The predicted octanol–water partition coefficient (Wildman–Crippen LogP) is 5.75. The van der Waals surface area contributed by atoms with Gasteiger partial charge >= 0.3 is 5.97 Å². The first kappa shape index (κ1) is 25.6. The van der Waals surface area contributed by atoms with E-state index >= 15 is 0 Å². The van der Waals surface area contributed by atoms with E-state index in [0.29, 0.717) is 18.4 Å². The number of carbonyl (C=O) groups excluding carboxylic acids is 2. The Balaban J connectivity index is 1.16. The summed E-state index contributed by atoms with van der Waals surface area (Å²) in [6, 6.07) is 19.0. The molecular weight excluding hydrogens is 498 g/mol. The van der Waals surface area contributed by atoms with Crippen molar-refractivity contribution in [3.05, 3.63) is 89.5 Å². The van der Waals surface area contributed by atoms with E-state index < -0.39 is 12.0 Å². The lowest BCUT2D eigenvalue weighted by atomic mass is 9.49. The highest BCUT2D eigenvalue weighted by Crippen LogP contribution is 2.61. The van der Waals surface area contributed by atoms with E-state index in [9.17, 15) is 9.59 Å². The highest BCUT2D eigenvalue weighted by atomic mass is 16.5. The van der Waals surface area contributed by atoms with Gasteiger partial charge in [0.2, 0.25) is 5.91 Å². The van der Waals surface area contributed by atoms with Gasteiger partial charge in [0, 0.05) is 18.7 Å². The van der Waals surface area contributed by atoms with E-state index in [2.05, 4.69) is 4.57 Å². The molecule has 0 saturated heterocycles. The fourth-order valence-corrected chi connectivity index (χ4v) is 9.04. The zero-order chi connectivity index (χ0) is 27.3. The van der Waals surface area contributed by atoms with E-state index in [4.69, 9.17) is 9.72 Å². The smallest absolute Gasteiger partial charge is 0.328 e. The molecule has 1 aliphatic heterocycles. The minimum atomic E-state index is -0.671. The summed E-state index contributed by atoms with van der Waals surface area (Å²) in [5.41, 5.74) is 4.30. The van der Waals surface area contributed by atoms with Crippen LogP contribution in [0.5, 0.6) is 0 Å². The lowest BCUT2D eigenvalue weighted by Crippen LogP contribution is -2.51. The highest BCUT2D eigenvalue weighted by molar-refractivity contribution is 5.91. The van der Waals surface area contributed by atoms with Gasteiger partial charge in [0.1, 0.15) is 6.04 Å². The second-order valence-electron chi connectivity index (χ2n) is 13.0. The molecule has 6 nitrogen and oxygen atoms in total. The number of fused-ring (bicyclic) bond motifs is 1. The number of amides is 1. The number of hydrogen-bond donors (Lipinski definition) is 0. The number of carbonyl (C=O) groups is 2. The molecule has 4 aliphatic carbocycles. The number of imidazole rings is 1. The van der Waals surface area contributed by atoms with E-state index in [1.165, 1.54) is 52.1 Å². The van der Waals surface area contributed by atoms with Crippen molar-refractivity contribution in [3.63, 3.8) is 0 Å². The fraction of sp³-hybridized carbons (Fsp3) is 0.500. The topological polar surface area (TPSA) is 64.4 Å². The Morgan fingerprint density at radius 3 is 2.05 bits per heavy atom. The maximum Gasteiger partial charge on any atom is 0.328 e. The molecule has 1 unspecified atom stereocenters. The van der Waals surface area contributed by atoms with Gasteiger partial charge in [-0.1, -0.05) is 60.7 Å². The van der Waals surface area contributed by atoms with Crippen LogP contribution in [0.25, 0.3) is 0 Å². The van der Waals surface area contributed by atoms with E-state index in [-0.39, 0.29) is 11.9 Å². The summed E-state index contributed by atoms with van der Waals surface area (Å²) in [5.74, 6) is 1.85. The summed E-state index contributed by atoms with van der Waals surface area (Å²) >= 11 is 0. The first-order valence-corrected chi connectivity index (χ1v) is 15.0. The lowest BCUT2D eigenvalue weighted by Gasteiger charge is -2.57. The summed E-state index contributed by atoms with van der Waals surface area (Å²) in [5, 5.41) is 0. The maximum atomic E-state index is 14.3. The number of nitrogens with zero attached hydrogens (tertiary/aromatic N) is 3. The van der Waals surface area contributed by atoms with Crippen molar-refractivity contribution in [2.45, 2.75) is 76.4 Å². The normalized spacial score (nSPS) is 28.5. The number of aryl methyl sites for hydroxylation is 1. The standard InChI is InChI=1S/C34H39N3O3/c1-40-33(39)30-17-29-28(35-22-36(29)13-12-34-18-23-14-24(19-34)16-25(15-23)20-34)21-37(30)32(38)31(26-8-4-2-5-9-26)27-10-6-3-7-11-27/h2-11,22-25,30-31H,12-21H2,1H3. The van der Waals surface area contributed by atoms with Crippen LogP contribution in [0.3, 0.4) is 0 Å². The Morgan fingerprint density at radius 2 is 1.50 bits per heavy atom. The van der Waals surface area contributed by atoms with E-state index in [0.717, 1.165) is 46.8 Å². The molecule has 0 N–H and O–H groups in total. The van der Waals surface area contributed by atoms with Gasteiger partial charge in [-0.2, -0.15) is 0 Å². The molecule has 4 fully saturated rings. The van der Waals surface area contributed by atoms with Gasteiger partial charge in [-0.15, -0.1) is 0 Å². The van der Waals surface area contributed by atoms with Crippen LogP contribution in [0, 0.1) is 23.2 Å². The van der Waals surface area contributed by atoms with Gasteiger partial charge in [-0.25, -0.2) is 9.78 Å². The molecule has 8 rings (SSSR count). The van der Waals surface area contributed by atoms with Gasteiger partial charge < -0.3 is 14.2 Å². The molecule has 4 saturated carbocycles. The van der Waals surface area contributed by atoms with Crippen LogP contribution in [0.4, 0.5) is 0 Å². The third-order valence-electron chi connectivity index (χ3n) is 10.4. The molecule has 0 radical (unpaired) electrons. The second-order valence-corrected chi connectivity index (χ2v) is 13.0. The summed E-state index contributed by atoms with van der Waals surface area (Å²) in [6.45, 7) is 1.25. The van der Waals surface area contributed by atoms with Crippen molar-refractivity contribution in [2.75, 3.05) is 7.11 Å². The number of methoxy groups -OCH3 is 1. The minimum absolute atomic E-state index is 0.0958. The van der Waals surface area contributed by atoms with E-state index in [1.54, 1.807) is 4.90 Å². The maximum absolute atomic E-state index is 14.3. The van der Waals surface area contributed by atoms with Gasteiger partial charge in [-0.05, 0) is 79.2 Å². The number of hydrogen-bond acceptors (Lipinski definition) is 4. The molecule has 2 aromatic carbocycles. The zero-order valence-electron chi connectivity index (χ0n) is 23.4. The first-order chi connectivity index (χ1) is 19.5. The van der Waals surface area contributed by atoms with Gasteiger partial charge in [0.25, 0.3) is 0 Å². The summed E-state index contributed by atoms with van der Waals surface area (Å²) in [4.78, 5) is 34.0. The van der Waals surface area contributed by atoms with Crippen molar-refractivity contribution in [3.8, 4) is 0 Å². The van der Waals surface area contributed by atoms with Crippen LogP contribution in [0.2, 0.25) is 0 Å². The minimum Gasteiger partial charge on any atom is -0.467 e. The van der Waals surface area contributed by atoms with Gasteiger partial charge in [-0.3, -0.25) is 4.79 Å². The fourth-order valence-electron chi connectivity index (χ4n) is 9.04. The van der Waals surface area contributed by atoms with Crippen LogP contribution >= 0.6 is 0 Å². The van der Waals surface area contributed by atoms with Crippen LogP contribution < -0.4 is 0 Å². The quantitative estimate of drug-likeness (QED) is 0.360. The average Bonchev–Trinajstić information content (AvgIpc) is 3.37. The van der Waals surface area contributed by atoms with Crippen LogP contribution in [-0.2, 0) is 33.8 Å². The van der Waals surface area contributed by atoms with Crippen molar-refractivity contribution < 1.29 is 14.3 Å². The van der Waals surface area contributed by atoms with Crippen molar-refractivity contribution in [2.24, 2.45) is 23.2 Å². The molecular formula is C34H39N3O3. The predicted molar refractivity (Wildman–Crippen MR) is 152 cm³/mol.